The fourth-order valence-electron chi connectivity index (χ4n) is 6.23. The molecular formula is C36H22N4O. The molecule has 0 saturated heterocycles. The van der Waals surface area contributed by atoms with Crippen molar-refractivity contribution in [3.8, 4) is 22.8 Å². The maximum Gasteiger partial charge on any atom is 0.145 e. The Morgan fingerprint density at radius 2 is 1.32 bits per heavy atom. The predicted molar refractivity (Wildman–Crippen MR) is 166 cm³/mol. The van der Waals surface area contributed by atoms with Crippen LogP contribution in [0.5, 0.6) is 0 Å². The molecule has 0 aliphatic heterocycles. The van der Waals surface area contributed by atoms with Crippen molar-refractivity contribution in [1.29, 1.82) is 0 Å². The average Bonchev–Trinajstić information content (AvgIpc) is 3.71. The van der Waals surface area contributed by atoms with Crippen molar-refractivity contribution in [1.82, 2.24) is 19.1 Å². The van der Waals surface area contributed by atoms with Crippen LogP contribution in [0.15, 0.2) is 138 Å². The second-order valence-electron chi connectivity index (χ2n) is 10.3. The Morgan fingerprint density at radius 3 is 2.22 bits per heavy atom. The second kappa shape index (κ2) is 8.41. The minimum atomic E-state index is 0.899. The van der Waals surface area contributed by atoms with Crippen molar-refractivity contribution >= 4 is 54.8 Å². The van der Waals surface area contributed by atoms with Crippen molar-refractivity contribution in [3.63, 3.8) is 0 Å². The molecule has 5 heteroatoms. The topological polar surface area (TPSA) is 48.8 Å². The van der Waals surface area contributed by atoms with Gasteiger partial charge in [-0.1, -0.05) is 48.5 Å². The number of para-hydroxylation sites is 4. The number of benzene rings is 5. The van der Waals surface area contributed by atoms with E-state index in [9.17, 15) is 0 Å². The molecule has 4 aromatic heterocycles. The number of rotatable bonds is 3. The maximum atomic E-state index is 6.44. The van der Waals surface area contributed by atoms with Crippen LogP contribution >= 0.6 is 0 Å². The number of furan rings is 1. The molecule has 192 valence electrons. The first-order chi connectivity index (χ1) is 20.3. The van der Waals surface area contributed by atoms with Crippen LogP contribution in [-0.4, -0.2) is 19.1 Å². The number of fused-ring (bicyclic) bond motifs is 8. The van der Waals surface area contributed by atoms with Gasteiger partial charge < -0.3 is 8.98 Å². The van der Waals surface area contributed by atoms with E-state index in [0.717, 1.165) is 77.5 Å². The normalized spacial score (nSPS) is 11.9. The van der Waals surface area contributed by atoms with E-state index in [4.69, 9.17) is 9.40 Å². The van der Waals surface area contributed by atoms with Gasteiger partial charge in [-0.05, 0) is 72.8 Å². The molecule has 5 aromatic carbocycles. The summed E-state index contributed by atoms with van der Waals surface area (Å²) in [5.41, 5.74) is 9.18. The van der Waals surface area contributed by atoms with E-state index in [1.165, 1.54) is 0 Å². The third kappa shape index (κ3) is 3.17. The average molecular weight is 527 g/mol. The molecule has 5 nitrogen and oxygen atoms in total. The van der Waals surface area contributed by atoms with Crippen molar-refractivity contribution < 1.29 is 4.42 Å². The van der Waals surface area contributed by atoms with Gasteiger partial charge in [-0.3, -0.25) is 9.55 Å². The first kappa shape index (κ1) is 22.2. The molecule has 0 aliphatic rings. The second-order valence-corrected chi connectivity index (χ2v) is 10.3. The summed E-state index contributed by atoms with van der Waals surface area (Å²) >= 11 is 0. The van der Waals surface area contributed by atoms with E-state index in [1.807, 2.05) is 36.7 Å². The molecule has 0 unspecified atom stereocenters. The highest BCUT2D eigenvalue weighted by atomic mass is 16.3. The number of hydrogen-bond donors (Lipinski definition) is 0. The van der Waals surface area contributed by atoms with Gasteiger partial charge in [0.15, 0.2) is 0 Å². The van der Waals surface area contributed by atoms with Crippen molar-refractivity contribution in [2.45, 2.75) is 0 Å². The van der Waals surface area contributed by atoms with Gasteiger partial charge in [0.2, 0.25) is 0 Å². The minimum Gasteiger partial charge on any atom is -0.455 e. The van der Waals surface area contributed by atoms with Gasteiger partial charge in [0.25, 0.3) is 0 Å². The molecule has 0 bridgehead atoms. The van der Waals surface area contributed by atoms with Crippen LogP contribution in [0.3, 0.4) is 0 Å². The van der Waals surface area contributed by atoms with Gasteiger partial charge in [-0.15, -0.1) is 0 Å². The van der Waals surface area contributed by atoms with Crippen LogP contribution in [0.2, 0.25) is 0 Å². The fourth-order valence-corrected chi connectivity index (χ4v) is 6.23. The number of imidazole rings is 1. The van der Waals surface area contributed by atoms with E-state index in [-0.39, 0.29) is 0 Å². The molecule has 0 spiro atoms. The highest BCUT2D eigenvalue weighted by Gasteiger charge is 2.19. The first-order valence-corrected chi connectivity index (χ1v) is 13.7. The summed E-state index contributed by atoms with van der Waals surface area (Å²) in [6.07, 6.45) is 3.79. The van der Waals surface area contributed by atoms with Gasteiger partial charge >= 0.3 is 0 Å². The zero-order valence-corrected chi connectivity index (χ0v) is 21.9. The van der Waals surface area contributed by atoms with E-state index < -0.39 is 0 Å². The fraction of sp³-hybridized carbons (Fsp3) is 0. The lowest BCUT2D eigenvalue weighted by atomic mass is 10.1. The zero-order valence-electron chi connectivity index (χ0n) is 21.9. The molecule has 41 heavy (non-hydrogen) atoms. The van der Waals surface area contributed by atoms with Gasteiger partial charge in [-0.2, -0.15) is 0 Å². The molecule has 4 heterocycles. The molecule has 0 amide bonds. The Hall–Kier alpha value is -5.68. The summed E-state index contributed by atoms with van der Waals surface area (Å²) in [6, 6.07) is 42.0. The smallest absolute Gasteiger partial charge is 0.145 e. The minimum absolute atomic E-state index is 0.899. The Kier molecular flexibility index (Phi) is 4.55. The van der Waals surface area contributed by atoms with Gasteiger partial charge in [0.05, 0.1) is 33.6 Å². The molecule has 0 atom stereocenters. The molecule has 9 rings (SSSR count). The predicted octanol–water partition coefficient (Wildman–Crippen LogP) is 9.08. The monoisotopic (exact) mass is 526 g/mol. The van der Waals surface area contributed by atoms with E-state index in [2.05, 4.69) is 111 Å². The molecule has 0 aliphatic carbocycles. The quantitative estimate of drug-likeness (QED) is 0.231. The Labute approximate surface area is 234 Å². The lowest BCUT2D eigenvalue weighted by molar-refractivity contribution is 0.673. The summed E-state index contributed by atoms with van der Waals surface area (Å²) in [7, 11) is 0. The van der Waals surface area contributed by atoms with Crippen LogP contribution in [0.25, 0.3) is 77.5 Å². The molecule has 9 aromatic rings. The molecule has 0 radical (unpaired) electrons. The summed E-state index contributed by atoms with van der Waals surface area (Å²) < 4.78 is 10.9. The van der Waals surface area contributed by atoms with Crippen LogP contribution in [0.4, 0.5) is 0 Å². The largest absolute Gasteiger partial charge is 0.455 e. The van der Waals surface area contributed by atoms with E-state index in [1.54, 1.807) is 0 Å². The number of nitrogens with zero attached hydrogens (tertiary/aromatic N) is 4. The molecule has 0 saturated carbocycles. The summed E-state index contributed by atoms with van der Waals surface area (Å²) in [5, 5.41) is 4.48. The Bertz CT molecular complexity index is 2410. The number of aromatic nitrogens is 4. The zero-order chi connectivity index (χ0) is 26.9. The lowest BCUT2D eigenvalue weighted by Gasteiger charge is -2.11. The molecule has 0 fully saturated rings. The van der Waals surface area contributed by atoms with Crippen molar-refractivity contribution in [3.05, 3.63) is 134 Å². The molecular weight excluding hydrogens is 504 g/mol. The number of pyridine rings is 1. The van der Waals surface area contributed by atoms with Crippen molar-refractivity contribution in [2.75, 3.05) is 0 Å². The summed E-state index contributed by atoms with van der Waals surface area (Å²) in [5.74, 6) is 0.914. The highest BCUT2D eigenvalue weighted by molar-refractivity contribution is 6.23. The third-order valence-corrected chi connectivity index (χ3v) is 8.04. The van der Waals surface area contributed by atoms with Crippen LogP contribution in [0, 0.1) is 0 Å². The molecule has 0 N–H and O–H groups in total. The van der Waals surface area contributed by atoms with Crippen LogP contribution < -0.4 is 0 Å². The first-order valence-electron chi connectivity index (χ1n) is 13.7. The lowest BCUT2D eigenvalue weighted by Crippen LogP contribution is -1.98. The standard InChI is InChI=1S/C36H22N4O/c1-2-8-24(9-3-1)40-30-12-6-5-11-29(30)38-36(40)23-14-16-25(17-15-23)39-31-19-18-27-26-10-4-7-13-33(26)41-35(27)34(31)28-20-21-37-22-32(28)39/h1-22H. The van der Waals surface area contributed by atoms with Gasteiger partial charge in [-0.25, -0.2) is 4.98 Å². The third-order valence-electron chi connectivity index (χ3n) is 8.04. The highest BCUT2D eigenvalue weighted by Crippen LogP contribution is 2.40. The Balaban J connectivity index is 1.26. The Morgan fingerprint density at radius 1 is 0.537 bits per heavy atom. The van der Waals surface area contributed by atoms with Gasteiger partial charge in [0, 0.05) is 39.3 Å². The van der Waals surface area contributed by atoms with E-state index >= 15 is 0 Å². The van der Waals surface area contributed by atoms with Gasteiger partial charge in [0.1, 0.15) is 17.0 Å². The van der Waals surface area contributed by atoms with Crippen molar-refractivity contribution in [2.24, 2.45) is 0 Å². The van der Waals surface area contributed by atoms with Crippen LogP contribution in [0.1, 0.15) is 0 Å². The SMILES string of the molecule is c1ccc(-n2c(-c3ccc(-n4c5cnccc5c5c6oc7ccccc7c6ccc54)cc3)nc3ccccc32)cc1. The maximum absolute atomic E-state index is 6.44. The van der Waals surface area contributed by atoms with Crippen LogP contribution in [-0.2, 0) is 0 Å². The van der Waals surface area contributed by atoms with E-state index in [0.29, 0.717) is 0 Å². The number of hydrogen-bond acceptors (Lipinski definition) is 3. The summed E-state index contributed by atoms with van der Waals surface area (Å²) in [4.78, 5) is 9.53. The summed E-state index contributed by atoms with van der Waals surface area (Å²) in [6.45, 7) is 0.